The molecule has 0 amide bonds. The first kappa shape index (κ1) is 13.2. The first-order chi connectivity index (χ1) is 7.54. The Morgan fingerprint density at radius 3 is 2.81 bits per heavy atom. The lowest BCUT2D eigenvalue weighted by Gasteiger charge is -2.13. The largest absolute Gasteiger partial charge is 0.466 e. The third-order valence-electron chi connectivity index (χ3n) is 2.25. The van der Waals surface area contributed by atoms with Gasteiger partial charge in [-0.3, -0.25) is 4.79 Å². The lowest BCUT2D eigenvalue weighted by atomic mass is 10.0. The third-order valence-corrected chi connectivity index (χ3v) is 2.93. The van der Waals surface area contributed by atoms with Crippen LogP contribution >= 0.6 is 15.9 Å². The number of esters is 1. The van der Waals surface area contributed by atoms with Crippen molar-refractivity contribution in [2.75, 3.05) is 6.61 Å². The molecule has 1 unspecified atom stereocenters. The van der Waals surface area contributed by atoms with E-state index in [1.807, 2.05) is 25.1 Å². The normalized spacial score (nSPS) is 12.2. The summed E-state index contributed by atoms with van der Waals surface area (Å²) in [6.07, 6.45) is 0.204. The second-order valence-corrected chi connectivity index (χ2v) is 4.49. The smallest absolute Gasteiger partial charge is 0.307 e. The molecule has 2 N–H and O–H groups in total. The van der Waals surface area contributed by atoms with Gasteiger partial charge in [0.1, 0.15) is 0 Å². The molecule has 1 rings (SSSR count). The van der Waals surface area contributed by atoms with Gasteiger partial charge >= 0.3 is 5.97 Å². The number of benzene rings is 1. The molecular formula is C12H16BrNO2. The molecule has 1 atom stereocenters. The number of hydrogen-bond acceptors (Lipinski definition) is 3. The van der Waals surface area contributed by atoms with E-state index in [2.05, 4.69) is 15.9 Å². The molecule has 16 heavy (non-hydrogen) atoms. The van der Waals surface area contributed by atoms with Crippen LogP contribution in [-0.4, -0.2) is 12.6 Å². The van der Waals surface area contributed by atoms with Crippen LogP contribution in [0.5, 0.6) is 0 Å². The number of carbonyl (C=O) groups excluding carboxylic acids is 1. The number of nitrogens with two attached hydrogens (primary N) is 1. The van der Waals surface area contributed by atoms with Crippen LogP contribution < -0.4 is 5.73 Å². The number of hydrogen-bond donors (Lipinski definition) is 1. The molecule has 1 aromatic carbocycles. The highest BCUT2D eigenvalue weighted by molar-refractivity contribution is 9.10. The van der Waals surface area contributed by atoms with E-state index in [-0.39, 0.29) is 18.4 Å². The fourth-order valence-corrected chi connectivity index (χ4v) is 2.23. The molecular weight excluding hydrogens is 270 g/mol. The van der Waals surface area contributed by atoms with Gasteiger partial charge in [0.15, 0.2) is 0 Å². The molecule has 4 heteroatoms. The van der Waals surface area contributed by atoms with Crippen molar-refractivity contribution in [3.05, 3.63) is 33.8 Å². The van der Waals surface area contributed by atoms with Crippen LogP contribution in [0.2, 0.25) is 0 Å². The van der Waals surface area contributed by atoms with Crippen LogP contribution in [0, 0.1) is 6.92 Å². The minimum atomic E-state index is -0.325. The van der Waals surface area contributed by atoms with Gasteiger partial charge in [-0.2, -0.15) is 0 Å². The zero-order chi connectivity index (χ0) is 12.1. The molecule has 0 aliphatic carbocycles. The molecule has 1 aromatic rings. The topological polar surface area (TPSA) is 52.3 Å². The highest BCUT2D eigenvalue weighted by Crippen LogP contribution is 2.25. The fourth-order valence-electron chi connectivity index (χ4n) is 1.44. The monoisotopic (exact) mass is 285 g/mol. The summed E-state index contributed by atoms with van der Waals surface area (Å²) < 4.78 is 5.80. The zero-order valence-corrected chi connectivity index (χ0v) is 11.1. The Labute approximate surface area is 104 Å². The van der Waals surface area contributed by atoms with Gasteiger partial charge in [-0.25, -0.2) is 0 Å². The predicted molar refractivity (Wildman–Crippen MR) is 67.1 cm³/mol. The van der Waals surface area contributed by atoms with Gasteiger partial charge < -0.3 is 10.5 Å². The molecule has 0 saturated heterocycles. The predicted octanol–water partition coefficient (Wildman–Crippen LogP) is 2.71. The summed E-state index contributed by atoms with van der Waals surface area (Å²) in [7, 11) is 0. The van der Waals surface area contributed by atoms with E-state index >= 15 is 0 Å². The summed E-state index contributed by atoms with van der Waals surface area (Å²) in [5.41, 5.74) is 8.03. The van der Waals surface area contributed by atoms with E-state index in [4.69, 9.17) is 10.5 Å². The van der Waals surface area contributed by atoms with Gasteiger partial charge in [-0.15, -0.1) is 0 Å². The van der Waals surface area contributed by atoms with E-state index in [0.717, 1.165) is 15.6 Å². The highest BCUT2D eigenvalue weighted by atomic mass is 79.9. The van der Waals surface area contributed by atoms with E-state index in [1.54, 1.807) is 6.92 Å². The Kier molecular flexibility index (Phi) is 4.96. The average Bonchev–Trinajstić information content (AvgIpc) is 2.17. The zero-order valence-electron chi connectivity index (χ0n) is 9.50. The van der Waals surface area contributed by atoms with Crippen molar-refractivity contribution < 1.29 is 9.53 Å². The third kappa shape index (κ3) is 3.61. The van der Waals surface area contributed by atoms with Crippen LogP contribution in [0.25, 0.3) is 0 Å². The van der Waals surface area contributed by atoms with Crippen LogP contribution in [0.3, 0.4) is 0 Å². The minimum absolute atomic E-state index is 0.204. The Morgan fingerprint density at radius 2 is 2.25 bits per heavy atom. The standard InChI is InChI=1S/C12H16BrNO2/c1-3-16-12(15)7-11(14)9-5-4-8(2)6-10(9)13/h4-6,11H,3,7,14H2,1-2H3. The SMILES string of the molecule is CCOC(=O)CC(N)c1ccc(C)cc1Br. The van der Waals surface area contributed by atoms with Gasteiger partial charge in [-0.05, 0) is 31.0 Å². The molecule has 0 fully saturated rings. The van der Waals surface area contributed by atoms with Crippen molar-refractivity contribution in [1.82, 2.24) is 0 Å². The van der Waals surface area contributed by atoms with Crippen molar-refractivity contribution in [3.63, 3.8) is 0 Å². The molecule has 3 nitrogen and oxygen atoms in total. The molecule has 0 aliphatic rings. The number of carbonyl (C=O) groups is 1. The fraction of sp³-hybridized carbons (Fsp3) is 0.417. The van der Waals surface area contributed by atoms with E-state index in [1.165, 1.54) is 0 Å². The summed E-state index contributed by atoms with van der Waals surface area (Å²) in [4.78, 5) is 11.3. The molecule has 0 heterocycles. The van der Waals surface area contributed by atoms with Crippen LogP contribution in [0.4, 0.5) is 0 Å². The Morgan fingerprint density at radius 1 is 1.56 bits per heavy atom. The van der Waals surface area contributed by atoms with E-state index in [0.29, 0.717) is 6.61 Å². The average molecular weight is 286 g/mol. The Hall–Kier alpha value is -0.870. The summed E-state index contributed by atoms with van der Waals surface area (Å²) in [5, 5.41) is 0. The molecule has 0 saturated carbocycles. The number of halogens is 1. The van der Waals surface area contributed by atoms with Crippen LogP contribution in [0.15, 0.2) is 22.7 Å². The minimum Gasteiger partial charge on any atom is -0.466 e. The summed E-state index contributed by atoms with van der Waals surface area (Å²) >= 11 is 3.44. The first-order valence-corrected chi connectivity index (χ1v) is 6.01. The lowest BCUT2D eigenvalue weighted by molar-refractivity contribution is -0.143. The second-order valence-electron chi connectivity index (χ2n) is 3.64. The maximum Gasteiger partial charge on any atom is 0.307 e. The van der Waals surface area contributed by atoms with Crippen molar-refractivity contribution in [3.8, 4) is 0 Å². The van der Waals surface area contributed by atoms with Gasteiger partial charge in [0.2, 0.25) is 0 Å². The van der Waals surface area contributed by atoms with Gasteiger partial charge in [-0.1, -0.05) is 28.1 Å². The summed E-state index contributed by atoms with van der Waals surface area (Å²) in [5.74, 6) is -0.262. The van der Waals surface area contributed by atoms with Gasteiger partial charge in [0, 0.05) is 10.5 Å². The van der Waals surface area contributed by atoms with E-state index in [9.17, 15) is 4.79 Å². The number of ether oxygens (including phenoxy) is 1. The van der Waals surface area contributed by atoms with Gasteiger partial charge in [0.05, 0.1) is 13.0 Å². The highest BCUT2D eigenvalue weighted by Gasteiger charge is 2.14. The summed E-state index contributed by atoms with van der Waals surface area (Å²) in [6, 6.07) is 5.57. The maximum absolute atomic E-state index is 11.3. The maximum atomic E-state index is 11.3. The molecule has 0 bridgehead atoms. The Balaban J connectivity index is 2.72. The molecule has 0 aromatic heterocycles. The van der Waals surface area contributed by atoms with Crippen molar-refractivity contribution in [2.24, 2.45) is 5.73 Å². The van der Waals surface area contributed by atoms with Gasteiger partial charge in [0.25, 0.3) is 0 Å². The van der Waals surface area contributed by atoms with E-state index < -0.39 is 0 Å². The quantitative estimate of drug-likeness (QED) is 0.866. The molecule has 0 radical (unpaired) electrons. The van der Waals surface area contributed by atoms with Crippen molar-refractivity contribution in [2.45, 2.75) is 26.3 Å². The first-order valence-electron chi connectivity index (χ1n) is 5.21. The Bertz CT molecular complexity index is 379. The lowest BCUT2D eigenvalue weighted by Crippen LogP contribution is -2.17. The number of rotatable bonds is 4. The second kappa shape index (κ2) is 6.01. The molecule has 0 aliphatic heterocycles. The number of aryl methyl sites for hydroxylation is 1. The van der Waals surface area contributed by atoms with Crippen molar-refractivity contribution in [1.29, 1.82) is 0 Å². The molecule has 88 valence electrons. The van der Waals surface area contributed by atoms with Crippen LogP contribution in [0.1, 0.15) is 30.5 Å². The molecule has 0 spiro atoms. The summed E-state index contributed by atoms with van der Waals surface area (Å²) in [6.45, 7) is 4.18. The van der Waals surface area contributed by atoms with Crippen LogP contribution in [-0.2, 0) is 9.53 Å². The van der Waals surface area contributed by atoms with Crippen molar-refractivity contribution >= 4 is 21.9 Å².